The molecule has 70 valence electrons. The van der Waals surface area contributed by atoms with Crippen LogP contribution < -0.4 is 16.6 Å². The van der Waals surface area contributed by atoms with E-state index >= 15 is 0 Å². The van der Waals surface area contributed by atoms with E-state index in [1.807, 2.05) is 6.92 Å². The summed E-state index contributed by atoms with van der Waals surface area (Å²) in [7, 11) is 0. The molecule has 0 fully saturated rings. The Kier molecular flexibility index (Phi) is 2.81. The second kappa shape index (κ2) is 3.86. The summed E-state index contributed by atoms with van der Waals surface area (Å²) in [6.07, 6.45) is 4.73. The number of rotatable bonds is 2. The smallest absolute Gasteiger partial charge is 0.324 e. The average Bonchev–Trinajstić information content (AvgIpc) is 2.52. The maximum Gasteiger partial charge on any atom is 0.324 e. The lowest BCUT2D eigenvalue weighted by Crippen LogP contribution is -2.30. The van der Waals surface area contributed by atoms with E-state index in [1.165, 1.54) is 12.3 Å². The maximum atomic E-state index is 10.4. The SMILES string of the molecule is CC=c1ncc(=C[C@H](N)C(=O)O)[nH]1. The minimum Gasteiger partial charge on any atom is -0.480 e. The molecule has 0 aliphatic heterocycles. The monoisotopic (exact) mass is 181 g/mol. The lowest BCUT2D eigenvalue weighted by atomic mass is 10.3. The van der Waals surface area contributed by atoms with Gasteiger partial charge in [0.1, 0.15) is 11.5 Å². The fraction of sp³-hybridized carbons (Fsp3) is 0.250. The van der Waals surface area contributed by atoms with Gasteiger partial charge in [0.15, 0.2) is 0 Å². The zero-order valence-corrected chi connectivity index (χ0v) is 7.19. The van der Waals surface area contributed by atoms with Crippen LogP contribution in [0.4, 0.5) is 0 Å². The van der Waals surface area contributed by atoms with Crippen LogP contribution in [-0.2, 0) is 4.79 Å². The number of nitrogens with zero attached hydrogens (tertiary/aromatic N) is 1. The highest BCUT2D eigenvalue weighted by molar-refractivity contribution is 5.80. The number of H-pyrrole nitrogens is 1. The van der Waals surface area contributed by atoms with Gasteiger partial charge in [0.25, 0.3) is 0 Å². The van der Waals surface area contributed by atoms with Crippen LogP contribution in [0.3, 0.4) is 0 Å². The van der Waals surface area contributed by atoms with Gasteiger partial charge in [-0.1, -0.05) is 0 Å². The highest BCUT2D eigenvalue weighted by Crippen LogP contribution is 1.77. The van der Waals surface area contributed by atoms with Gasteiger partial charge in [0, 0.05) is 0 Å². The molecule has 0 radical (unpaired) electrons. The minimum absolute atomic E-state index is 0.614. The number of aliphatic carboxylic acids is 1. The van der Waals surface area contributed by atoms with E-state index < -0.39 is 12.0 Å². The Morgan fingerprint density at radius 1 is 1.85 bits per heavy atom. The van der Waals surface area contributed by atoms with Crippen LogP contribution in [0.25, 0.3) is 12.2 Å². The molecule has 13 heavy (non-hydrogen) atoms. The third kappa shape index (κ3) is 2.41. The van der Waals surface area contributed by atoms with Gasteiger partial charge in [-0.25, -0.2) is 4.98 Å². The molecule has 0 saturated heterocycles. The van der Waals surface area contributed by atoms with Crippen molar-refractivity contribution in [2.45, 2.75) is 13.0 Å². The van der Waals surface area contributed by atoms with Crippen LogP contribution in [0.5, 0.6) is 0 Å². The quantitative estimate of drug-likeness (QED) is 0.512. The maximum absolute atomic E-state index is 10.4. The molecular weight excluding hydrogens is 170 g/mol. The van der Waals surface area contributed by atoms with Crippen molar-refractivity contribution in [3.8, 4) is 0 Å². The van der Waals surface area contributed by atoms with Gasteiger partial charge in [0.05, 0.1) is 11.5 Å². The summed E-state index contributed by atoms with van der Waals surface area (Å²) < 4.78 is 0. The molecule has 1 heterocycles. The predicted molar refractivity (Wildman–Crippen MR) is 48.1 cm³/mol. The van der Waals surface area contributed by atoms with Gasteiger partial charge >= 0.3 is 5.97 Å². The number of carbonyl (C=O) groups is 1. The van der Waals surface area contributed by atoms with E-state index in [0.717, 1.165) is 0 Å². The fourth-order valence-electron chi connectivity index (χ4n) is 0.848. The van der Waals surface area contributed by atoms with Crippen LogP contribution in [0.1, 0.15) is 6.92 Å². The first-order valence-electron chi connectivity index (χ1n) is 3.81. The molecule has 1 atom stereocenters. The van der Waals surface area contributed by atoms with E-state index in [4.69, 9.17) is 10.8 Å². The van der Waals surface area contributed by atoms with Crippen molar-refractivity contribution in [3.05, 3.63) is 17.0 Å². The number of carboxylic acid groups (broad SMARTS) is 1. The fourth-order valence-corrected chi connectivity index (χ4v) is 0.848. The molecule has 0 aromatic carbocycles. The largest absolute Gasteiger partial charge is 0.480 e. The molecule has 0 aliphatic rings. The van der Waals surface area contributed by atoms with E-state index in [1.54, 1.807) is 6.08 Å². The van der Waals surface area contributed by atoms with Crippen LogP contribution >= 0.6 is 0 Å². The number of aromatic nitrogens is 2. The molecule has 5 nitrogen and oxygen atoms in total. The van der Waals surface area contributed by atoms with E-state index in [-0.39, 0.29) is 0 Å². The standard InChI is InChI=1S/C8H11N3O2/c1-2-7-10-4-5(11-7)3-6(9)8(12)13/h2-4,6,11H,9H2,1H3,(H,12,13)/t6-/m0/s1. The number of imidazole rings is 1. The van der Waals surface area contributed by atoms with Crippen molar-refractivity contribution in [1.29, 1.82) is 0 Å². The molecule has 1 aromatic rings. The average molecular weight is 181 g/mol. The Labute approximate surface area is 74.6 Å². The highest BCUT2D eigenvalue weighted by Gasteiger charge is 2.06. The number of carboxylic acids is 1. The van der Waals surface area contributed by atoms with Gasteiger partial charge in [-0.3, -0.25) is 4.79 Å². The highest BCUT2D eigenvalue weighted by atomic mass is 16.4. The zero-order chi connectivity index (χ0) is 9.84. The number of hydrogen-bond donors (Lipinski definition) is 3. The van der Waals surface area contributed by atoms with Crippen LogP contribution in [0.2, 0.25) is 0 Å². The molecule has 0 aliphatic carbocycles. The lowest BCUT2D eigenvalue weighted by molar-refractivity contribution is -0.136. The Bertz CT molecular complexity index is 407. The Morgan fingerprint density at radius 3 is 3.00 bits per heavy atom. The summed E-state index contributed by atoms with van der Waals surface area (Å²) in [6, 6.07) is -0.995. The molecule has 0 spiro atoms. The number of aromatic amines is 1. The second-order valence-electron chi connectivity index (χ2n) is 2.54. The van der Waals surface area contributed by atoms with Gasteiger partial charge in [-0.05, 0) is 19.1 Å². The molecule has 0 bridgehead atoms. The Hall–Kier alpha value is -1.62. The third-order valence-corrected chi connectivity index (χ3v) is 1.53. The van der Waals surface area contributed by atoms with E-state index in [2.05, 4.69) is 9.97 Å². The second-order valence-corrected chi connectivity index (χ2v) is 2.54. The molecular formula is C8H11N3O2. The molecule has 5 heteroatoms. The van der Waals surface area contributed by atoms with Crippen LogP contribution in [0.15, 0.2) is 6.20 Å². The van der Waals surface area contributed by atoms with E-state index in [0.29, 0.717) is 10.8 Å². The van der Waals surface area contributed by atoms with Crippen molar-refractivity contribution < 1.29 is 9.90 Å². The van der Waals surface area contributed by atoms with Crippen molar-refractivity contribution in [1.82, 2.24) is 9.97 Å². The predicted octanol–water partition coefficient (Wildman–Crippen LogP) is -1.60. The van der Waals surface area contributed by atoms with E-state index in [9.17, 15) is 4.79 Å². The molecule has 4 N–H and O–H groups in total. The molecule has 1 rings (SSSR count). The summed E-state index contributed by atoms with van der Waals surface area (Å²) in [5, 5.41) is 9.12. The molecule has 0 saturated carbocycles. The van der Waals surface area contributed by atoms with Crippen molar-refractivity contribution in [3.63, 3.8) is 0 Å². The van der Waals surface area contributed by atoms with Crippen LogP contribution in [-0.4, -0.2) is 27.1 Å². The molecule has 0 amide bonds. The Morgan fingerprint density at radius 2 is 2.54 bits per heavy atom. The summed E-state index contributed by atoms with van der Waals surface area (Å²) in [6.45, 7) is 1.83. The lowest BCUT2D eigenvalue weighted by Gasteiger charge is -1.94. The van der Waals surface area contributed by atoms with Gasteiger partial charge < -0.3 is 15.8 Å². The summed E-state index contributed by atoms with van der Waals surface area (Å²) in [5.74, 6) is -1.06. The van der Waals surface area contributed by atoms with Crippen molar-refractivity contribution >= 4 is 18.1 Å². The number of nitrogens with two attached hydrogens (primary N) is 1. The third-order valence-electron chi connectivity index (χ3n) is 1.53. The first-order chi connectivity index (χ1) is 6.13. The first-order valence-corrected chi connectivity index (χ1v) is 3.81. The molecule has 0 unspecified atom stereocenters. The summed E-state index contributed by atoms with van der Waals surface area (Å²) in [5.41, 5.74) is 5.98. The first kappa shape index (κ1) is 9.47. The van der Waals surface area contributed by atoms with Crippen LogP contribution in [0, 0.1) is 0 Å². The number of hydrogen-bond acceptors (Lipinski definition) is 3. The van der Waals surface area contributed by atoms with Gasteiger partial charge in [0.2, 0.25) is 0 Å². The Balaban J connectivity index is 3.01. The topological polar surface area (TPSA) is 92.0 Å². The number of nitrogens with one attached hydrogen (secondary N) is 1. The van der Waals surface area contributed by atoms with Gasteiger partial charge in [-0.2, -0.15) is 0 Å². The summed E-state index contributed by atoms with van der Waals surface area (Å²) >= 11 is 0. The molecule has 1 aromatic heterocycles. The van der Waals surface area contributed by atoms with Crippen molar-refractivity contribution in [2.24, 2.45) is 5.73 Å². The van der Waals surface area contributed by atoms with Crippen molar-refractivity contribution in [2.75, 3.05) is 0 Å². The van der Waals surface area contributed by atoms with Gasteiger partial charge in [-0.15, -0.1) is 0 Å². The normalized spacial score (nSPS) is 16.2. The minimum atomic E-state index is -1.06. The summed E-state index contributed by atoms with van der Waals surface area (Å²) in [4.78, 5) is 17.2. The zero-order valence-electron chi connectivity index (χ0n) is 7.19.